The minimum absolute atomic E-state index is 0.0961. The summed E-state index contributed by atoms with van der Waals surface area (Å²) < 4.78 is 5.76. The van der Waals surface area contributed by atoms with Gasteiger partial charge in [-0.25, -0.2) is 0 Å². The molecule has 23 heavy (non-hydrogen) atoms. The average Bonchev–Trinajstić information content (AvgIpc) is 2.98. The maximum atomic E-state index is 12.1. The van der Waals surface area contributed by atoms with Crippen molar-refractivity contribution in [3.05, 3.63) is 77.4 Å². The first-order valence-corrected chi connectivity index (χ1v) is 7.84. The topological polar surface area (TPSA) is 38.3 Å². The van der Waals surface area contributed by atoms with Crippen LogP contribution >= 0.6 is 0 Å². The number of hydrogen-bond acceptors (Lipinski definition) is 2. The summed E-state index contributed by atoms with van der Waals surface area (Å²) in [4.78, 5) is 12.1. The first-order valence-electron chi connectivity index (χ1n) is 7.84. The van der Waals surface area contributed by atoms with Crippen LogP contribution in [-0.4, -0.2) is 25.2 Å². The molecule has 0 radical (unpaired) electrons. The van der Waals surface area contributed by atoms with Crippen molar-refractivity contribution in [2.75, 3.05) is 13.7 Å². The highest BCUT2D eigenvalue weighted by Crippen LogP contribution is 2.32. The number of methoxy groups -OCH3 is 1. The fourth-order valence-electron chi connectivity index (χ4n) is 3.04. The highest BCUT2D eigenvalue weighted by Gasteiger charge is 2.37. The second-order valence-electron chi connectivity index (χ2n) is 5.97. The summed E-state index contributed by atoms with van der Waals surface area (Å²) in [6.07, 6.45) is 5.06. The molecule has 0 atom stereocenters. The summed E-state index contributed by atoms with van der Waals surface area (Å²) in [6.45, 7) is 0.510. The third-order valence-corrected chi connectivity index (χ3v) is 4.39. The molecule has 0 unspecified atom stereocenters. The van der Waals surface area contributed by atoms with Gasteiger partial charge in [-0.3, -0.25) is 4.79 Å². The fraction of sp³-hybridized carbons (Fsp3) is 0.250. The molecular formula is C20H21NO2. The molecule has 0 bridgehead atoms. The van der Waals surface area contributed by atoms with Crippen molar-refractivity contribution < 1.29 is 9.53 Å². The lowest BCUT2D eigenvalue weighted by molar-refractivity contribution is -0.118. The standard InChI is InChI=1S/C20H21NO2/c1-23-20(13-17-9-5-6-10-18(17)14-20)15-21-19(22)12-11-16-7-3-2-4-8-16/h2-12H,13-15H2,1H3,(H,21,22). The number of hydrogen-bond donors (Lipinski definition) is 1. The Hall–Kier alpha value is -2.39. The minimum Gasteiger partial charge on any atom is -0.376 e. The lowest BCUT2D eigenvalue weighted by atomic mass is 10.00. The smallest absolute Gasteiger partial charge is 0.244 e. The van der Waals surface area contributed by atoms with Gasteiger partial charge in [0, 0.05) is 32.6 Å². The lowest BCUT2D eigenvalue weighted by Gasteiger charge is -2.27. The second kappa shape index (κ2) is 6.80. The Labute approximate surface area is 137 Å². The lowest BCUT2D eigenvalue weighted by Crippen LogP contribution is -2.44. The molecule has 3 heteroatoms. The van der Waals surface area contributed by atoms with Crippen molar-refractivity contribution >= 4 is 12.0 Å². The number of rotatable bonds is 5. The molecule has 2 aromatic carbocycles. The predicted octanol–water partition coefficient (Wildman–Crippen LogP) is 3.00. The van der Waals surface area contributed by atoms with Crippen LogP contribution in [0, 0.1) is 0 Å². The number of carbonyl (C=O) groups excluding carboxylic acids is 1. The summed E-state index contributed by atoms with van der Waals surface area (Å²) >= 11 is 0. The van der Waals surface area contributed by atoms with E-state index in [1.165, 1.54) is 11.1 Å². The zero-order chi connectivity index (χ0) is 16.1. The highest BCUT2D eigenvalue weighted by molar-refractivity contribution is 5.91. The molecule has 3 nitrogen and oxygen atoms in total. The molecule has 0 heterocycles. The van der Waals surface area contributed by atoms with Crippen LogP contribution in [0.5, 0.6) is 0 Å². The van der Waals surface area contributed by atoms with E-state index in [2.05, 4.69) is 17.4 Å². The predicted molar refractivity (Wildman–Crippen MR) is 92.1 cm³/mol. The van der Waals surface area contributed by atoms with E-state index in [4.69, 9.17) is 4.74 Å². The number of benzene rings is 2. The van der Waals surface area contributed by atoms with Crippen LogP contribution in [0.25, 0.3) is 6.08 Å². The van der Waals surface area contributed by atoms with E-state index in [-0.39, 0.29) is 11.5 Å². The molecule has 118 valence electrons. The van der Waals surface area contributed by atoms with E-state index in [1.54, 1.807) is 13.2 Å². The van der Waals surface area contributed by atoms with Gasteiger partial charge in [-0.1, -0.05) is 54.6 Å². The van der Waals surface area contributed by atoms with Crippen LogP contribution in [0.2, 0.25) is 0 Å². The van der Waals surface area contributed by atoms with Gasteiger partial charge in [-0.2, -0.15) is 0 Å². The van der Waals surface area contributed by atoms with Crippen LogP contribution in [0.4, 0.5) is 0 Å². The van der Waals surface area contributed by atoms with Crippen LogP contribution in [0.15, 0.2) is 60.7 Å². The van der Waals surface area contributed by atoms with E-state index in [1.807, 2.05) is 48.5 Å². The quantitative estimate of drug-likeness (QED) is 0.862. The van der Waals surface area contributed by atoms with Crippen molar-refractivity contribution in [3.63, 3.8) is 0 Å². The third kappa shape index (κ3) is 3.69. The number of fused-ring (bicyclic) bond motifs is 1. The summed E-state index contributed by atoms with van der Waals surface area (Å²) in [7, 11) is 1.72. The van der Waals surface area contributed by atoms with Crippen molar-refractivity contribution in [2.24, 2.45) is 0 Å². The Morgan fingerprint density at radius 3 is 2.30 bits per heavy atom. The van der Waals surface area contributed by atoms with Gasteiger partial charge in [0.05, 0.1) is 5.60 Å². The van der Waals surface area contributed by atoms with Gasteiger partial charge in [0.2, 0.25) is 5.91 Å². The van der Waals surface area contributed by atoms with Crippen molar-refractivity contribution in [1.82, 2.24) is 5.32 Å². The molecule has 0 aliphatic heterocycles. The van der Waals surface area contributed by atoms with Gasteiger partial charge in [-0.05, 0) is 22.8 Å². The van der Waals surface area contributed by atoms with Crippen molar-refractivity contribution in [3.8, 4) is 0 Å². The maximum absolute atomic E-state index is 12.1. The Bertz CT molecular complexity index is 682. The van der Waals surface area contributed by atoms with Gasteiger partial charge >= 0.3 is 0 Å². The first-order chi connectivity index (χ1) is 11.2. The van der Waals surface area contributed by atoms with Gasteiger partial charge in [0.25, 0.3) is 0 Å². The molecule has 0 fully saturated rings. The molecule has 2 aromatic rings. The molecule has 0 aromatic heterocycles. The van der Waals surface area contributed by atoms with E-state index in [0.717, 1.165) is 18.4 Å². The number of ether oxygens (including phenoxy) is 1. The largest absolute Gasteiger partial charge is 0.376 e. The highest BCUT2D eigenvalue weighted by atomic mass is 16.5. The van der Waals surface area contributed by atoms with Gasteiger partial charge in [0.1, 0.15) is 0 Å². The molecule has 1 N–H and O–H groups in total. The first kappa shape index (κ1) is 15.5. The zero-order valence-corrected chi connectivity index (χ0v) is 13.3. The Kier molecular flexibility index (Phi) is 4.58. The molecular weight excluding hydrogens is 286 g/mol. The number of nitrogens with one attached hydrogen (secondary N) is 1. The van der Waals surface area contributed by atoms with E-state index < -0.39 is 0 Å². The van der Waals surface area contributed by atoms with Crippen molar-refractivity contribution in [1.29, 1.82) is 0 Å². The van der Waals surface area contributed by atoms with E-state index in [0.29, 0.717) is 6.54 Å². The molecule has 0 saturated carbocycles. The van der Waals surface area contributed by atoms with Crippen LogP contribution in [0.1, 0.15) is 16.7 Å². The number of amides is 1. The monoisotopic (exact) mass is 307 g/mol. The molecule has 0 saturated heterocycles. The molecule has 1 aliphatic carbocycles. The normalized spacial score (nSPS) is 15.5. The third-order valence-electron chi connectivity index (χ3n) is 4.39. The van der Waals surface area contributed by atoms with Crippen LogP contribution in [-0.2, 0) is 22.4 Å². The SMILES string of the molecule is COC1(CNC(=O)C=Cc2ccccc2)Cc2ccccc2C1. The summed E-state index contributed by atoms with van der Waals surface area (Å²) in [5, 5.41) is 2.97. The van der Waals surface area contributed by atoms with Gasteiger partial charge in [-0.15, -0.1) is 0 Å². The molecule has 1 aliphatic rings. The number of carbonyl (C=O) groups is 1. The Morgan fingerprint density at radius 1 is 1.09 bits per heavy atom. The molecule has 0 spiro atoms. The van der Waals surface area contributed by atoms with E-state index in [9.17, 15) is 4.79 Å². The van der Waals surface area contributed by atoms with Gasteiger partial charge < -0.3 is 10.1 Å². The average molecular weight is 307 g/mol. The summed E-state index contributed by atoms with van der Waals surface area (Å²) in [5.74, 6) is -0.0961. The Morgan fingerprint density at radius 2 is 1.70 bits per heavy atom. The fourth-order valence-corrected chi connectivity index (χ4v) is 3.04. The van der Waals surface area contributed by atoms with Crippen LogP contribution < -0.4 is 5.32 Å². The molecule has 3 rings (SSSR count). The van der Waals surface area contributed by atoms with Crippen LogP contribution in [0.3, 0.4) is 0 Å². The van der Waals surface area contributed by atoms with Crippen molar-refractivity contribution in [2.45, 2.75) is 18.4 Å². The summed E-state index contributed by atoms with van der Waals surface area (Å²) in [6, 6.07) is 18.2. The minimum atomic E-state index is -0.333. The second-order valence-corrected chi connectivity index (χ2v) is 5.97. The van der Waals surface area contributed by atoms with Gasteiger partial charge in [0.15, 0.2) is 0 Å². The van der Waals surface area contributed by atoms with E-state index >= 15 is 0 Å². The maximum Gasteiger partial charge on any atom is 0.244 e. The summed E-state index contributed by atoms with van der Waals surface area (Å²) in [5.41, 5.74) is 3.30. The molecule has 1 amide bonds. The zero-order valence-electron chi connectivity index (χ0n) is 13.3. The Balaban J connectivity index is 1.59.